The van der Waals surface area contributed by atoms with Crippen molar-refractivity contribution in [2.45, 2.75) is 32.2 Å². The van der Waals surface area contributed by atoms with E-state index in [2.05, 4.69) is 77.3 Å². The van der Waals surface area contributed by atoms with Crippen molar-refractivity contribution in [1.82, 2.24) is 0 Å². The molecule has 0 spiro atoms. The van der Waals surface area contributed by atoms with E-state index in [4.69, 9.17) is 0 Å². The van der Waals surface area contributed by atoms with E-state index in [0.717, 1.165) is 6.42 Å². The molecule has 0 aliphatic heterocycles. The molecule has 2 aromatic rings. The quantitative estimate of drug-likeness (QED) is 0.771. The Morgan fingerprint density at radius 1 is 1.11 bits per heavy atom. The first-order valence-electron chi connectivity index (χ1n) is 6.82. The molecule has 1 nitrogen and oxygen atoms in total. The fourth-order valence-electron chi connectivity index (χ4n) is 2.74. The largest absolute Gasteiger partial charge is 0.382 e. The molecule has 0 fully saturated rings. The lowest BCUT2D eigenvalue weighted by Gasteiger charge is -2.26. The highest BCUT2D eigenvalue weighted by molar-refractivity contribution is 14.1. The van der Waals surface area contributed by atoms with Gasteiger partial charge in [0.05, 0.1) is 0 Å². The molecule has 1 aliphatic rings. The zero-order valence-electron chi connectivity index (χ0n) is 11.1. The van der Waals surface area contributed by atoms with Gasteiger partial charge in [-0.15, -0.1) is 0 Å². The minimum Gasteiger partial charge on any atom is -0.382 e. The Balaban J connectivity index is 1.73. The molecular formula is C17H18IN. The lowest BCUT2D eigenvalue weighted by molar-refractivity contribution is 0.611. The maximum absolute atomic E-state index is 3.68. The third-order valence-corrected chi connectivity index (χ3v) is 5.05. The first-order valence-corrected chi connectivity index (χ1v) is 7.90. The summed E-state index contributed by atoms with van der Waals surface area (Å²) < 4.78 is 1.33. The third kappa shape index (κ3) is 2.94. The summed E-state index contributed by atoms with van der Waals surface area (Å²) in [6.07, 6.45) is 3.55. The SMILES string of the molecule is Cc1ccc(NC2CCc3ccccc3C2)cc1I. The number of hydrogen-bond acceptors (Lipinski definition) is 1. The lowest BCUT2D eigenvalue weighted by Crippen LogP contribution is -2.27. The maximum Gasteiger partial charge on any atom is 0.0353 e. The molecule has 1 N–H and O–H groups in total. The minimum atomic E-state index is 0.563. The van der Waals surface area contributed by atoms with Gasteiger partial charge in [0.15, 0.2) is 0 Å². The van der Waals surface area contributed by atoms with Crippen LogP contribution < -0.4 is 5.32 Å². The minimum absolute atomic E-state index is 0.563. The summed E-state index contributed by atoms with van der Waals surface area (Å²) in [6, 6.07) is 16.0. The summed E-state index contributed by atoms with van der Waals surface area (Å²) in [6.45, 7) is 2.16. The van der Waals surface area contributed by atoms with Crippen LogP contribution in [0.15, 0.2) is 42.5 Å². The molecule has 0 bridgehead atoms. The Morgan fingerprint density at radius 3 is 2.68 bits per heavy atom. The molecule has 0 saturated heterocycles. The van der Waals surface area contributed by atoms with Crippen LogP contribution in [-0.4, -0.2) is 6.04 Å². The number of halogens is 1. The number of hydrogen-bond donors (Lipinski definition) is 1. The van der Waals surface area contributed by atoms with Crippen molar-refractivity contribution in [1.29, 1.82) is 0 Å². The highest BCUT2D eigenvalue weighted by Gasteiger charge is 2.17. The first-order chi connectivity index (χ1) is 9.22. The van der Waals surface area contributed by atoms with Crippen LogP contribution in [0.5, 0.6) is 0 Å². The van der Waals surface area contributed by atoms with Crippen LogP contribution >= 0.6 is 22.6 Å². The third-order valence-electron chi connectivity index (χ3n) is 3.89. The van der Waals surface area contributed by atoms with E-state index in [1.165, 1.54) is 38.8 Å². The zero-order chi connectivity index (χ0) is 13.2. The molecule has 0 heterocycles. The molecule has 0 saturated carbocycles. The summed E-state index contributed by atoms with van der Waals surface area (Å²) in [4.78, 5) is 0. The molecule has 0 radical (unpaired) electrons. The molecule has 0 aromatic heterocycles. The highest BCUT2D eigenvalue weighted by atomic mass is 127. The van der Waals surface area contributed by atoms with Crippen molar-refractivity contribution in [3.63, 3.8) is 0 Å². The van der Waals surface area contributed by atoms with Crippen LogP contribution in [0, 0.1) is 10.5 Å². The van der Waals surface area contributed by atoms with Gasteiger partial charge in [0.25, 0.3) is 0 Å². The average molecular weight is 363 g/mol. The van der Waals surface area contributed by atoms with Crippen LogP contribution in [0.4, 0.5) is 5.69 Å². The monoisotopic (exact) mass is 363 g/mol. The maximum atomic E-state index is 3.68. The van der Waals surface area contributed by atoms with E-state index >= 15 is 0 Å². The summed E-state index contributed by atoms with van der Waals surface area (Å²) in [7, 11) is 0. The van der Waals surface area contributed by atoms with E-state index in [0.29, 0.717) is 6.04 Å². The second-order valence-electron chi connectivity index (χ2n) is 5.32. The number of aryl methyl sites for hydroxylation is 2. The van der Waals surface area contributed by atoms with Crippen LogP contribution in [0.2, 0.25) is 0 Å². The van der Waals surface area contributed by atoms with Gasteiger partial charge in [-0.25, -0.2) is 0 Å². The number of fused-ring (bicyclic) bond motifs is 1. The van der Waals surface area contributed by atoms with E-state index < -0.39 is 0 Å². The van der Waals surface area contributed by atoms with Crippen molar-refractivity contribution >= 4 is 28.3 Å². The Labute approximate surface area is 128 Å². The highest BCUT2D eigenvalue weighted by Crippen LogP contribution is 2.25. The standard InChI is InChI=1S/C17H18IN/c1-12-6-8-16(11-17(12)18)19-15-9-7-13-4-2-3-5-14(13)10-15/h2-6,8,11,15,19H,7,9-10H2,1H3. The van der Waals surface area contributed by atoms with Crippen molar-refractivity contribution < 1.29 is 0 Å². The first kappa shape index (κ1) is 13.0. The molecule has 1 aliphatic carbocycles. The van der Waals surface area contributed by atoms with Gasteiger partial charge < -0.3 is 5.32 Å². The summed E-state index contributed by atoms with van der Waals surface area (Å²) in [5.41, 5.74) is 5.63. The van der Waals surface area contributed by atoms with E-state index in [9.17, 15) is 0 Å². The number of nitrogens with one attached hydrogen (secondary N) is 1. The Kier molecular flexibility index (Phi) is 3.78. The van der Waals surface area contributed by atoms with E-state index in [-0.39, 0.29) is 0 Å². The predicted molar refractivity (Wildman–Crippen MR) is 89.8 cm³/mol. The average Bonchev–Trinajstić information content (AvgIpc) is 2.43. The molecule has 1 unspecified atom stereocenters. The van der Waals surface area contributed by atoms with Crippen molar-refractivity contribution in [3.8, 4) is 0 Å². The van der Waals surface area contributed by atoms with Gasteiger partial charge in [0, 0.05) is 15.3 Å². The smallest absolute Gasteiger partial charge is 0.0353 e. The summed E-state index contributed by atoms with van der Waals surface area (Å²) >= 11 is 2.40. The summed E-state index contributed by atoms with van der Waals surface area (Å²) in [5, 5.41) is 3.68. The number of anilines is 1. The molecule has 2 aromatic carbocycles. The van der Waals surface area contributed by atoms with Crippen LogP contribution in [0.25, 0.3) is 0 Å². The molecule has 2 heteroatoms. The van der Waals surface area contributed by atoms with Crippen molar-refractivity contribution in [2.24, 2.45) is 0 Å². The van der Waals surface area contributed by atoms with Crippen molar-refractivity contribution in [3.05, 3.63) is 62.7 Å². The summed E-state index contributed by atoms with van der Waals surface area (Å²) in [5.74, 6) is 0. The molecule has 1 atom stereocenters. The van der Waals surface area contributed by atoms with Crippen LogP contribution in [-0.2, 0) is 12.8 Å². The van der Waals surface area contributed by atoms with Crippen LogP contribution in [0.3, 0.4) is 0 Å². The fourth-order valence-corrected chi connectivity index (χ4v) is 3.25. The number of benzene rings is 2. The van der Waals surface area contributed by atoms with E-state index in [1.807, 2.05) is 0 Å². The van der Waals surface area contributed by atoms with Gasteiger partial charge in [0.2, 0.25) is 0 Å². The Bertz CT molecular complexity index is 592. The molecule has 19 heavy (non-hydrogen) atoms. The molecule has 0 amide bonds. The van der Waals surface area contributed by atoms with Gasteiger partial charge in [-0.1, -0.05) is 30.3 Å². The fraction of sp³-hybridized carbons (Fsp3) is 0.294. The van der Waals surface area contributed by atoms with Gasteiger partial charge in [-0.2, -0.15) is 0 Å². The zero-order valence-corrected chi connectivity index (χ0v) is 13.3. The van der Waals surface area contributed by atoms with E-state index in [1.54, 1.807) is 0 Å². The molecule has 3 rings (SSSR count). The predicted octanol–water partition coefficient (Wildman–Crippen LogP) is 4.57. The normalized spacial score (nSPS) is 17.9. The molecule has 98 valence electrons. The van der Waals surface area contributed by atoms with Gasteiger partial charge in [-0.05, 0) is 77.6 Å². The van der Waals surface area contributed by atoms with Gasteiger partial charge in [-0.3, -0.25) is 0 Å². The van der Waals surface area contributed by atoms with Crippen LogP contribution in [0.1, 0.15) is 23.1 Å². The van der Waals surface area contributed by atoms with Gasteiger partial charge >= 0.3 is 0 Å². The second-order valence-corrected chi connectivity index (χ2v) is 6.48. The Hall–Kier alpha value is -1.03. The Morgan fingerprint density at radius 2 is 1.89 bits per heavy atom. The molecular weight excluding hydrogens is 345 g/mol. The topological polar surface area (TPSA) is 12.0 Å². The van der Waals surface area contributed by atoms with Crippen molar-refractivity contribution in [2.75, 3.05) is 5.32 Å². The van der Waals surface area contributed by atoms with Gasteiger partial charge in [0.1, 0.15) is 0 Å². The number of rotatable bonds is 2. The second kappa shape index (κ2) is 5.53. The lowest BCUT2D eigenvalue weighted by atomic mass is 9.88.